The molecule has 12 heteroatoms. The molecule has 2 aromatic rings. The van der Waals surface area contributed by atoms with Crippen molar-refractivity contribution in [3.05, 3.63) is 59.2 Å². The zero-order valence-electron chi connectivity index (χ0n) is 24.9. The molecule has 0 N–H and O–H groups in total. The molecule has 1 fully saturated rings. The molecule has 0 unspecified atom stereocenters. The van der Waals surface area contributed by atoms with Gasteiger partial charge in [0.05, 0.1) is 5.25 Å². The van der Waals surface area contributed by atoms with Crippen molar-refractivity contribution in [3.63, 3.8) is 0 Å². The Bertz CT molecular complexity index is 1320. The maximum atomic E-state index is 12.2. The molecule has 1 aliphatic heterocycles. The quantitative estimate of drug-likeness (QED) is 0.205. The van der Waals surface area contributed by atoms with Crippen LogP contribution < -0.4 is 9.47 Å². The highest BCUT2D eigenvalue weighted by molar-refractivity contribution is 8.00. The molecule has 11 nitrogen and oxygen atoms in total. The topological polar surface area (TPSA) is 141 Å². The van der Waals surface area contributed by atoms with Crippen LogP contribution in [0.3, 0.4) is 0 Å². The van der Waals surface area contributed by atoms with Crippen LogP contribution in [-0.2, 0) is 55.8 Å². The average Bonchev–Trinajstić information content (AvgIpc) is 2.92. The Hall–Kier alpha value is -4.06. The highest BCUT2D eigenvalue weighted by Gasteiger charge is 2.53. The van der Waals surface area contributed by atoms with Crippen LogP contribution in [0.4, 0.5) is 0 Å². The van der Waals surface area contributed by atoms with Gasteiger partial charge in [0, 0.05) is 46.6 Å². The van der Waals surface area contributed by atoms with Crippen LogP contribution in [-0.4, -0.2) is 65.5 Å². The molecule has 0 aromatic heterocycles. The first-order chi connectivity index (χ1) is 20.4. The lowest BCUT2D eigenvalue weighted by atomic mass is 10.0. The van der Waals surface area contributed by atoms with Crippen LogP contribution in [0.15, 0.2) is 42.5 Å². The van der Waals surface area contributed by atoms with E-state index in [1.807, 2.05) is 24.3 Å². The monoisotopic (exact) mass is 616 g/mol. The summed E-state index contributed by atoms with van der Waals surface area (Å²) in [6.07, 6.45) is -2.46. The van der Waals surface area contributed by atoms with Gasteiger partial charge in [-0.25, -0.2) is 0 Å². The Balaban J connectivity index is 2.09. The maximum Gasteiger partial charge on any atom is 0.308 e. The third-order valence-corrected chi connectivity index (χ3v) is 7.73. The number of hydrogen-bond donors (Lipinski definition) is 0. The summed E-state index contributed by atoms with van der Waals surface area (Å²) in [6, 6.07) is 12.9. The number of benzene rings is 2. The summed E-state index contributed by atoms with van der Waals surface area (Å²) in [4.78, 5) is 60.1. The van der Waals surface area contributed by atoms with Crippen molar-refractivity contribution in [1.29, 1.82) is 0 Å². The SMILES string of the molecule is CCc1ccc(Cc2c(OC(C)=O)cccc2O[C@H]2S[C@@H](COC(C)=O)[C@@H](OC(C)=O)[C@H](OC(C)=O)[C@H]2OC(C)=O)cc1. The molecule has 0 aliphatic carbocycles. The molecular formula is C31H36O11S. The number of rotatable bonds is 11. The molecule has 0 saturated carbocycles. The second kappa shape index (κ2) is 15.4. The Morgan fingerprint density at radius 3 is 1.79 bits per heavy atom. The Labute approximate surface area is 254 Å². The molecule has 0 bridgehead atoms. The van der Waals surface area contributed by atoms with Gasteiger partial charge in [-0.05, 0) is 29.7 Å². The van der Waals surface area contributed by atoms with Crippen molar-refractivity contribution in [2.24, 2.45) is 0 Å². The third kappa shape index (κ3) is 9.74. The van der Waals surface area contributed by atoms with E-state index in [4.69, 9.17) is 28.4 Å². The van der Waals surface area contributed by atoms with Gasteiger partial charge in [0.1, 0.15) is 18.1 Å². The number of thioether (sulfide) groups is 1. The molecule has 43 heavy (non-hydrogen) atoms. The molecule has 0 radical (unpaired) electrons. The number of carbonyl (C=O) groups is 5. The fourth-order valence-electron chi connectivity index (χ4n) is 4.59. The predicted octanol–water partition coefficient (Wildman–Crippen LogP) is 3.94. The predicted molar refractivity (Wildman–Crippen MR) is 155 cm³/mol. The van der Waals surface area contributed by atoms with E-state index in [9.17, 15) is 24.0 Å². The van der Waals surface area contributed by atoms with E-state index in [-0.39, 0.29) is 12.4 Å². The van der Waals surface area contributed by atoms with Gasteiger partial charge >= 0.3 is 29.8 Å². The van der Waals surface area contributed by atoms with Gasteiger partial charge in [-0.3, -0.25) is 24.0 Å². The van der Waals surface area contributed by atoms with Crippen molar-refractivity contribution in [3.8, 4) is 11.5 Å². The third-order valence-electron chi connectivity index (χ3n) is 6.35. The van der Waals surface area contributed by atoms with Crippen LogP contribution in [0, 0.1) is 0 Å². The lowest BCUT2D eigenvalue weighted by Gasteiger charge is -2.43. The molecule has 3 rings (SSSR count). The summed E-state index contributed by atoms with van der Waals surface area (Å²) in [5.41, 5.74) is 1.60. The van der Waals surface area contributed by atoms with E-state index in [0.29, 0.717) is 17.7 Å². The number of hydrogen-bond acceptors (Lipinski definition) is 12. The highest BCUT2D eigenvalue weighted by Crippen LogP contribution is 2.41. The van der Waals surface area contributed by atoms with E-state index in [2.05, 4.69) is 6.92 Å². The number of carbonyl (C=O) groups excluding carboxylic acids is 5. The fourth-order valence-corrected chi connectivity index (χ4v) is 5.97. The van der Waals surface area contributed by atoms with Crippen molar-refractivity contribution >= 4 is 41.6 Å². The molecule has 232 valence electrons. The normalized spacial score (nSPS) is 21.2. The largest absolute Gasteiger partial charge is 0.475 e. The summed E-state index contributed by atoms with van der Waals surface area (Å²) >= 11 is 1.09. The lowest BCUT2D eigenvalue weighted by Crippen LogP contribution is -2.59. The molecule has 0 amide bonds. The fraction of sp³-hybridized carbons (Fsp3) is 0.452. The van der Waals surface area contributed by atoms with Crippen LogP contribution in [0.25, 0.3) is 0 Å². The van der Waals surface area contributed by atoms with Gasteiger partial charge in [0.15, 0.2) is 23.7 Å². The van der Waals surface area contributed by atoms with E-state index in [0.717, 1.165) is 29.3 Å². The first kappa shape index (κ1) is 33.4. The molecule has 5 atom stereocenters. The Morgan fingerprint density at radius 1 is 0.674 bits per heavy atom. The van der Waals surface area contributed by atoms with E-state index < -0.39 is 58.8 Å². The molecule has 1 heterocycles. The first-order valence-corrected chi connectivity index (χ1v) is 14.7. The van der Waals surface area contributed by atoms with Crippen LogP contribution >= 0.6 is 11.8 Å². The van der Waals surface area contributed by atoms with Crippen molar-refractivity contribution in [1.82, 2.24) is 0 Å². The average molecular weight is 617 g/mol. The van der Waals surface area contributed by atoms with Crippen LogP contribution in [0.2, 0.25) is 0 Å². The van der Waals surface area contributed by atoms with E-state index in [1.54, 1.807) is 18.2 Å². The molecule has 2 aromatic carbocycles. The zero-order chi connectivity index (χ0) is 31.7. The lowest BCUT2D eigenvalue weighted by molar-refractivity contribution is -0.190. The van der Waals surface area contributed by atoms with Crippen molar-refractivity contribution in [2.75, 3.05) is 6.61 Å². The number of esters is 5. The minimum atomic E-state index is -1.29. The van der Waals surface area contributed by atoms with Gasteiger partial charge < -0.3 is 28.4 Å². The zero-order valence-corrected chi connectivity index (χ0v) is 25.8. The second-order valence-corrected chi connectivity index (χ2v) is 11.2. The van der Waals surface area contributed by atoms with E-state index in [1.165, 1.54) is 34.6 Å². The molecule has 1 aliphatic rings. The van der Waals surface area contributed by atoms with Gasteiger partial charge in [-0.15, -0.1) is 11.8 Å². The van der Waals surface area contributed by atoms with Gasteiger partial charge in [0.25, 0.3) is 0 Å². The summed E-state index contributed by atoms with van der Waals surface area (Å²) in [6.45, 7) is 7.90. The van der Waals surface area contributed by atoms with Gasteiger partial charge in [-0.1, -0.05) is 37.3 Å². The summed E-state index contributed by atoms with van der Waals surface area (Å²) in [7, 11) is 0. The molecule has 1 saturated heterocycles. The summed E-state index contributed by atoms with van der Waals surface area (Å²) in [5.74, 6) is -2.60. The van der Waals surface area contributed by atoms with E-state index >= 15 is 0 Å². The standard InChI is InChI=1S/C31H36O11S/c1-7-22-11-13-23(14-12-22)15-24-25(38-18(3)33)9-8-10-26(24)42-31-30(41-21(6)36)29(40-20(5)35)28(39-19(4)34)27(43-31)16-37-17(2)32/h8-14,27-31H,7,15-16H2,1-6H3/t27-,28+,29-,30+,31-/m0/s1. The maximum absolute atomic E-state index is 12.2. The number of aryl methyl sites for hydroxylation is 1. The van der Waals surface area contributed by atoms with Crippen LogP contribution in [0.1, 0.15) is 58.2 Å². The molecule has 0 spiro atoms. The number of ether oxygens (including phenoxy) is 6. The van der Waals surface area contributed by atoms with Crippen LogP contribution in [0.5, 0.6) is 11.5 Å². The molecular weight excluding hydrogens is 580 g/mol. The minimum absolute atomic E-state index is 0.216. The summed E-state index contributed by atoms with van der Waals surface area (Å²) < 4.78 is 33.9. The highest BCUT2D eigenvalue weighted by atomic mass is 32.2. The summed E-state index contributed by atoms with van der Waals surface area (Å²) in [5, 5.41) is -0.768. The Kier molecular flexibility index (Phi) is 12.0. The van der Waals surface area contributed by atoms with Gasteiger partial charge in [-0.2, -0.15) is 0 Å². The van der Waals surface area contributed by atoms with Crippen molar-refractivity contribution < 1.29 is 52.4 Å². The second-order valence-electron chi connectivity index (χ2n) is 9.86. The Morgan fingerprint density at radius 2 is 1.23 bits per heavy atom. The smallest absolute Gasteiger partial charge is 0.308 e. The first-order valence-electron chi connectivity index (χ1n) is 13.7. The van der Waals surface area contributed by atoms with Crippen molar-refractivity contribution in [2.45, 2.75) is 83.4 Å². The van der Waals surface area contributed by atoms with Gasteiger partial charge in [0.2, 0.25) is 0 Å². The minimum Gasteiger partial charge on any atom is -0.475 e.